The standard InChI is InChI=1S/C24H20BrNO3S/c1-2-11-29-21-10-8-16(13-20(21)25)14-22-23(27)26(24(28)30-22)15-17-7-9-18-5-3-4-6-19(18)12-17/h3-10,12-14H,2,11,15H2,1H3/b22-14-. The first-order chi connectivity index (χ1) is 14.5. The third-order valence-electron chi connectivity index (χ3n) is 4.74. The van der Waals surface area contributed by atoms with Gasteiger partial charge in [-0.15, -0.1) is 0 Å². The van der Waals surface area contributed by atoms with E-state index in [1.807, 2.05) is 60.7 Å². The van der Waals surface area contributed by atoms with Gasteiger partial charge in [0.05, 0.1) is 22.5 Å². The number of rotatable bonds is 6. The molecule has 0 aliphatic carbocycles. The molecule has 0 radical (unpaired) electrons. The van der Waals surface area contributed by atoms with Crippen LogP contribution in [0.3, 0.4) is 0 Å². The van der Waals surface area contributed by atoms with Crippen LogP contribution in [0.1, 0.15) is 24.5 Å². The lowest BCUT2D eigenvalue weighted by atomic mass is 10.1. The van der Waals surface area contributed by atoms with Gasteiger partial charge < -0.3 is 4.74 Å². The normalized spacial score (nSPS) is 15.4. The molecule has 1 saturated heterocycles. The van der Waals surface area contributed by atoms with Crippen molar-refractivity contribution >= 4 is 55.7 Å². The number of ether oxygens (including phenoxy) is 1. The molecule has 0 unspecified atom stereocenters. The van der Waals surface area contributed by atoms with Crippen molar-refractivity contribution in [2.24, 2.45) is 0 Å². The lowest BCUT2D eigenvalue weighted by Crippen LogP contribution is -2.27. The van der Waals surface area contributed by atoms with Gasteiger partial charge >= 0.3 is 0 Å². The van der Waals surface area contributed by atoms with Crippen molar-refractivity contribution in [1.82, 2.24) is 4.90 Å². The molecule has 1 fully saturated rings. The number of benzene rings is 3. The molecule has 0 aromatic heterocycles. The molecule has 1 aliphatic heterocycles. The van der Waals surface area contributed by atoms with Crippen LogP contribution < -0.4 is 4.74 Å². The van der Waals surface area contributed by atoms with Crippen LogP contribution in [0.4, 0.5) is 4.79 Å². The molecule has 0 saturated carbocycles. The van der Waals surface area contributed by atoms with Gasteiger partial charge in [0.25, 0.3) is 11.1 Å². The molecule has 152 valence electrons. The van der Waals surface area contributed by atoms with E-state index in [1.54, 1.807) is 6.08 Å². The van der Waals surface area contributed by atoms with Gasteiger partial charge in [0.15, 0.2) is 0 Å². The molecule has 30 heavy (non-hydrogen) atoms. The highest BCUT2D eigenvalue weighted by Gasteiger charge is 2.35. The highest BCUT2D eigenvalue weighted by molar-refractivity contribution is 9.10. The van der Waals surface area contributed by atoms with Crippen molar-refractivity contribution in [3.63, 3.8) is 0 Å². The van der Waals surface area contributed by atoms with Gasteiger partial charge in [-0.3, -0.25) is 14.5 Å². The average molecular weight is 482 g/mol. The molecule has 0 bridgehead atoms. The number of thioether (sulfide) groups is 1. The number of nitrogens with zero attached hydrogens (tertiary/aromatic N) is 1. The second-order valence-corrected chi connectivity index (χ2v) is 8.84. The first kappa shape index (κ1) is 20.7. The van der Waals surface area contributed by atoms with Gasteiger partial charge in [0.2, 0.25) is 0 Å². The van der Waals surface area contributed by atoms with Crippen LogP contribution in [0.5, 0.6) is 5.75 Å². The number of hydrogen-bond donors (Lipinski definition) is 0. The molecule has 0 atom stereocenters. The van der Waals surface area contributed by atoms with E-state index in [2.05, 4.69) is 22.9 Å². The number of carbonyl (C=O) groups is 2. The van der Waals surface area contributed by atoms with Gasteiger partial charge in [-0.2, -0.15) is 0 Å². The smallest absolute Gasteiger partial charge is 0.293 e. The fourth-order valence-electron chi connectivity index (χ4n) is 3.24. The second kappa shape index (κ2) is 9.06. The topological polar surface area (TPSA) is 46.6 Å². The van der Waals surface area contributed by atoms with Gasteiger partial charge in [0.1, 0.15) is 5.75 Å². The highest BCUT2D eigenvalue weighted by atomic mass is 79.9. The van der Waals surface area contributed by atoms with Gasteiger partial charge in [-0.1, -0.05) is 49.4 Å². The molecule has 4 rings (SSSR count). The summed E-state index contributed by atoms with van der Waals surface area (Å²) in [4.78, 5) is 27.1. The molecule has 6 heteroatoms. The van der Waals surface area contributed by atoms with E-state index in [-0.39, 0.29) is 17.7 Å². The second-order valence-electron chi connectivity index (χ2n) is 6.99. The van der Waals surface area contributed by atoms with Crippen LogP contribution in [0.2, 0.25) is 0 Å². The fourth-order valence-corrected chi connectivity index (χ4v) is 4.59. The lowest BCUT2D eigenvalue weighted by Gasteiger charge is -2.13. The van der Waals surface area contributed by atoms with E-state index in [1.165, 1.54) is 4.90 Å². The quantitative estimate of drug-likeness (QED) is 0.370. The molecule has 1 aliphatic rings. The number of amides is 2. The predicted octanol–water partition coefficient (Wildman–Crippen LogP) is 6.63. The lowest BCUT2D eigenvalue weighted by molar-refractivity contribution is -0.123. The molecule has 3 aromatic carbocycles. The zero-order chi connectivity index (χ0) is 21.1. The molecular formula is C24H20BrNO3S. The number of carbonyl (C=O) groups excluding carboxylic acids is 2. The first-order valence-electron chi connectivity index (χ1n) is 9.70. The van der Waals surface area contributed by atoms with Gasteiger partial charge in [-0.25, -0.2) is 0 Å². The number of hydrogen-bond acceptors (Lipinski definition) is 4. The molecular weight excluding hydrogens is 462 g/mol. The van der Waals surface area contributed by atoms with E-state index >= 15 is 0 Å². The van der Waals surface area contributed by atoms with Crippen molar-refractivity contribution < 1.29 is 14.3 Å². The van der Waals surface area contributed by atoms with E-state index in [0.29, 0.717) is 11.5 Å². The Morgan fingerprint density at radius 1 is 1.03 bits per heavy atom. The summed E-state index contributed by atoms with van der Waals surface area (Å²) in [6, 6.07) is 19.7. The summed E-state index contributed by atoms with van der Waals surface area (Å²) in [5, 5.41) is 1.97. The average Bonchev–Trinajstić information content (AvgIpc) is 3.00. The summed E-state index contributed by atoms with van der Waals surface area (Å²) < 4.78 is 6.48. The van der Waals surface area contributed by atoms with Crippen molar-refractivity contribution in [1.29, 1.82) is 0 Å². The van der Waals surface area contributed by atoms with Gasteiger partial charge in [0, 0.05) is 0 Å². The van der Waals surface area contributed by atoms with E-state index in [9.17, 15) is 9.59 Å². The summed E-state index contributed by atoms with van der Waals surface area (Å²) in [7, 11) is 0. The van der Waals surface area contributed by atoms with Crippen LogP contribution >= 0.6 is 27.7 Å². The number of imide groups is 1. The van der Waals surface area contributed by atoms with Crippen LogP contribution in [0.15, 0.2) is 70.0 Å². The van der Waals surface area contributed by atoms with Gasteiger partial charge in [-0.05, 0) is 80.3 Å². The summed E-state index contributed by atoms with van der Waals surface area (Å²) in [6.45, 7) is 2.96. The summed E-state index contributed by atoms with van der Waals surface area (Å²) in [5.74, 6) is 0.499. The van der Waals surface area contributed by atoms with Crippen LogP contribution in [-0.4, -0.2) is 22.7 Å². The Morgan fingerprint density at radius 3 is 2.60 bits per heavy atom. The highest BCUT2D eigenvalue weighted by Crippen LogP contribution is 2.35. The minimum absolute atomic E-state index is 0.249. The molecule has 3 aromatic rings. The van der Waals surface area contributed by atoms with E-state index in [0.717, 1.165) is 50.3 Å². The van der Waals surface area contributed by atoms with E-state index in [4.69, 9.17) is 4.74 Å². The fraction of sp³-hybridized carbons (Fsp3) is 0.167. The Balaban J connectivity index is 1.52. The van der Waals surface area contributed by atoms with Crippen LogP contribution in [-0.2, 0) is 11.3 Å². The maximum absolute atomic E-state index is 12.9. The number of fused-ring (bicyclic) bond motifs is 1. The Labute approximate surface area is 188 Å². The largest absolute Gasteiger partial charge is 0.492 e. The maximum atomic E-state index is 12.9. The maximum Gasteiger partial charge on any atom is 0.293 e. The minimum Gasteiger partial charge on any atom is -0.492 e. The molecule has 2 amide bonds. The van der Waals surface area contributed by atoms with E-state index < -0.39 is 0 Å². The summed E-state index contributed by atoms with van der Waals surface area (Å²) >= 11 is 4.48. The van der Waals surface area contributed by atoms with Crippen LogP contribution in [0, 0.1) is 0 Å². The van der Waals surface area contributed by atoms with Crippen molar-refractivity contribution in [3.8, 4) is 5.75 Å². The zero-order valence-corrected chi connectivity index (χ0v) is 18.8. The Hall–Kier alpha value is -2.57. The Morgan fingerprint density at radius 2 is 1.83 bits per heavy atom. The van der Waals surface area contributed by atoms with Crippen LogP contribution in [0.25, 0.3) is 16.8 Å². The summed E-state index contributed by atoms with van der Waals surface area (Å²) in [6.07, 6.45) is 2.68. The van der Waals surface area contributed by atoms with Crippen molar-refractivity contribution in [2.75, 3.05) is 6.61 Å². The van der Waals surface area contributed by atoms with Crippen molar-refractivity contribution in [2.45, 2.75) is 19.9 Å². The number of halogens is 1. The molecule has 1 heterocycles. The first-order valence-corrected chi connectivity index (χ1v) is 11.3. The monoisotopic (exact) mass is 481 g/mol. The third kappa shape index (κ3) is 4.45. The zero-order valence-electron chi connectivity index (χ0n) is 16.4. The predicted molar refractivity (Wildman–Crippen MR) is 125 cm³/mol. The minimum atomic E-state index is -0.263. The molecule has 0 spiro atoms. The summed E-state index contributed by atoms with van der Waals surface area (Å²) in [5.41, 5.74) is 1.76. The van der Waals surface area contributed by atoms with Crippen molar-refractivity contribution in [3.05, 3.63) is 81.2 Å². The third-order valence-corrected chi connectivity index (χ3v) is 6.27. The molecule has 4 nitrogen and oxygen atoms in total. The molecule has 0 N–H and O–H groups in total. The SMILES string of the molecule is CCCOc1ccc(/C=C2\SC(=O)N(Cc3ccc4ccccc4c3)C2=O)cc1Br. The Kier molecular flexibility index (Phi) is 6.25. The Bertz CT molecular complexity index is 1160.